The summed E-state index contributed by atoms with van der Waals surface area (Å²) in [5.74, 6) is -0.808. The normalized spacial score (nSPS) is 12.4. The summed E-state index contributed by atoms with van der Waals surface area (Å²) >= 11 is 0. The van der Waals surface area contributed by atoms with Crippen LogP contribution in [0.15, 0.2) is 18.2 Å². The average Bonchev–Trinajstić information content (AvgIpc) is 2.29. The number of benzene rings is 1. The molecule has 0 aromatic heterocycles. The smallest absolute Gasteiger partial charge is 0.266 e. The number of nitrogens with one attached hydrogen (secondary N) is 2. The van der Waals surface area contributed by atoms with Gasteiger partial charge >= 0.3 is 0 Å². The van der Waals surface area contributed by atoms with E-state index in [1.54, 1.807) is 24.5 Å². The van der Waals surface area contributed by atoms with E-state index in [0.717, 1.165) is 0 Å². The summed E-state index contributed by atoms with van der Waals surface area (Å²) in [7, 11) is 0. The van der Waals surface area contributed by atoms with E-state index in [0.29, 0.717) is 11.3 Å². The van der Waals surface area contributed by atoms with E-state index in [2.05, 4.69) is 5.32 Å². The Morgan fingerprint density at radius 1 is 1.41 bits per heavy atom. The monoisotopic (exact) mass is 240 g/mol. The molecule has 0 aliphatic heterocycles. The minimum Gasteiger partial charge on any atom is -0.373 e. The van der Waals surface area contributed by atoms with Crippen LogP contribution < -0.4 is 10.8 Å². The maximum absolute atomic E-state index is 13.1. The van der Waals surface area contributed by atoms with E-state index in [-0.39, 0.29) is 11.7 Å². The van der Waals surface area contributed by atoms with Crippen LogP contribution in [0.1, 0.15) is 19.4 Å². The van der Waals surface area contributed by atoms with Gasteiger partial charge in [-0.15, -0.1) is 0 Å². The first-order chi connectivity index (χ1) is 7.95. The van der Waals surface area contributed by atoms with Crippen LogP contribution in [0.25, 0.3) is 0 Å². The van der Waals surface area contributed by atoms with Crippen LogP contribution in [0.4, 0.5) is 10.1 Å². The van der Waals surface area contributed by atoms with Crippen molar-refractivity contribution in [3.8, 4) is 0 Å². The largest absolute Gasteiger partial charge is 0.373 e. The molecule has 0 aliphatic carbocycles. The van der Waals surface area contributed by atoms with Crippen molar-refractivity contribution >= 4 is 11.6 Å². The minimum absolute atomic E-state index is 0.00694. The van der Waals surface area contributed by atoms with Gasteiger partial charge in [0.1, 0.15) is 11.9 Å². The number of hydrogen-bond donors (Lipinski definition) is 3. The van der Waals surface area contributed by atoms with Crippen molar-refractivity contribution in [1.82, 2.24) is 5.48 Å². The quantitative estimate of drug-likeness (QED) is 0.557. The van der Waals surface area contributed by atoms with E-state index < -0.39 is 11.9 Å². The summed E-state index contributed by atoms with van der Waals surface area (Å²) in [4.78, 5) is 11.4. The number of carbonyl (C=O) groups is 1. The van der Waals surface area contributed by atoms with E-state index in [1.165, 1.54) is 6.07 Å². The number of halogens is 1. The molecule has 4 nitrogen and oxygen atoms in total. The number of anilines is 1. The lowest BCUT2D eigenvalue weighted by Gasteiger charge is -2.21. The fourth-order valence-electron chi connectivity index (χ4n) is 1.52. The second-order valence-corrected chi connectivity index (χ2v) is 4.31. The van der Waals surface area contributed by atoms with E-state index in [4.69, 9.17) is 5.21 Å². The summed E-state index contributed by atoms with van der Waals surface area (Å²) < 4.78 is 13.1. The molecule has 0 aliphatic rings. The molecule has 1 aromatic carbocycles. The summed E-state index contributed by atoms with van der Waals surface area (Å²) in [5.41, 5.74) is 2.76. The van der Waals surface area contributed by atoms with E-state index in [9.17, 15) is 9.18 Å². The third kappa shape index (κ3) is 3.42. The van der Waals surface area contributed by atoms with Gasteiger partial charge in [-0.1, -0.05) is 13.8 Å². The van der Waals surface area contributed by atoms with Gasteiger partial charge in [0.15, 0.2) is 0 Å². The molecule has 5 heteroatoms. The van der Waals surface area contributed by atoms with Crippen molar-refractivity contribution in [1.29, 1.82) is 0 Å². The minimum atomic E-state index is -0.565. The molecule has 94 valence electrons. The molecular weight excluding hydrogens is 223 g/mol. The Kier molecular flexibility index (Phi) is 4.45. The van der Waals surface area contributed by atoms with Gasteiger partial charge in [0, 0.05) is 5.69 Å². The van der Waals surface area contributed by atoms with Gasteiger partial charge < -0.3 is 5.32 Å². The summed E-state index contributed by atoms with van der Waals surface area (Å²) in [6.45, 7) is 5.35. The van der Waals surface area contributed by atoms with Crippen LogP contribution in [0.5, 0.6) is 0 Å². The molecule has 1 aromatic rings. The molecule has 0 radical (unpaired) electrons. The molecule has 0 fully saturated rings. The maximum Gasteiger partial charge on any atom is 0.266 e. The Hall–Kier alpha value is -1.62. The Balaban J connectivity index is 2.86. The third-order valence-electron chi connectivity index (χ3n) is 2.54. The number of amides is 1. The molecule has 1 rings (SSSR count). The highest BCUT2D eigenvalue weighted by Gasteiger charge is 2.21. The van der Waals surface area contributed by atoms with E-state index >= 15 is 0 Å². The van der Waals surface area contributed by atoms with Crippen LogP contribution in [-0.4, -0.2) is 17.2 Å². The van der Waals surface area contributed by atoms with Crippen LogP contribution >= 0.6 is 0 Å². The first-order valence-electron chi connectivity index (χ1n) is 5.42. The average molecular weight is 240 g/mol. The highest BCUT2D eigenvalue weighted by atomic mass is 19.1. The molecule has 1 unspecified atom stereocenters. The van der Waals surface area contributed by atoms with Gasteiger partial charge in [-0.2, -0.15) is 0 Å². The van der Waals surface area contributed by atoms with Crippen molar-refractivity contribution < 1.29 is 14.4 Å². The zero-order valence-electron chi connectivity index (χ0n) is 10.1. The molecule has 3 N–H and O–H groups in total. The maximum atomic E-state index is 13.1. The van der Waals surface area contributed by atoms with Gasteiger partial charge in [-0.05, 0) is 36.6 Å². The van der Waals surface area contributed by atoms with Crippen molar-refractivity contribution in [2.24, 2.45) is 5.92 Å². The number of carbonyl (C=O) groups excluding carboxylic acids is 1. The molecule has 0 heterocycles. The second-order valence-electron chi connectivity index (χ2n) is 4.31. The van der Waals surface area contributed by atoms with E-state index in [1.807, 2.05) is 13.8 Å². The lowest BCUT2D eigenvalue weighted by molar-refractivity contribution is -0.130. The SMILES string of the molecule is Cc1cc(NC(C(=O)NO)C(C)C)ccc1F. The third-order valence-corrected chi connectivity index (χ3v) is 2.54. The Bertz CT molecular complexity index is 407. The number of hydrogen-bond acceptors (Lipinski definition) is 3. The first kappa shape index (κ1) is 13.4. The van der Waals surface area contributed by atoms with Crippen LogP contribution in [0.2, 0.25) is 0 Å². The Morgan fingerprint density at radius 2 is 2.06 bits per heavy atom. The standard InChI is InChI=1S/C12H17FN2O2/c1-7(2)11(12(16)15-17)14-9-4-5-10(13)8(3)6-9/h4-7,11,14,17H,1-3H3,(H,15,16). The van der Waals surface area contributed by atoms with Crippen LogP contribution in [0.3, 0.4) is 0 Å². The molecule has 0 saturated carbocycles. The van der Waals surface area contributed by atoms with Crippen molar-refractivity contribution in [3.63, 3.8) is 0 Å². The molecule has 0 saturated heterocycles. The lowest BCUT2D eigenvalue weighted by Crippen LogP contribution is -2.41. The predicted octanol–water partition coefficient (Wildman–Crippen LogP) is 2.08. The lowest BCUT2D eigenvalue weighted by atomic mass is 10.0. The zero-order chi connectivity index (χ0) is 13.0. The summed E-state index contributed by atoms with van der Waals surface area (Å²) in [6, 6.07) is 3.95. The number of aryl methyl sites for hydroxylation is 1. The molecule has 1 amide bonds. The van der Waals surface area contributed by atoms with Crippen LogP contribution in [-0.2, 0) is 4.79 Å². The summed E-state index contributed by atoms with van der Waals surface area (Å²) in [6.07, 6.45) is 0. The Morgan fingerprint density at radius 3 is 2.53 bits per heavy atom. The zero-order valence-corrected chi connectivity index (χ0v) is 10.1. The second kappa shape index (κ2) is 5.63. The fraction of sp³-hybridized carbons (Fsp3) is 0.417. The molecule has 1 atom stereocenters. The fourth-order valence-corrected chi connectivity index (χ4v) is 1.52. The molecule has 0 spiro atoms. The molecule has 17 heavy (non-hydrogen) atoms. The predicted molar refractivity (Wildman–Crippen MR) is 63.3 cm³/mol. The van der Waals surface area contributed by atoms with Crippen molar-refractivity contribution in [3.05, 3.63) is 29.6 Å². The van der Waals surface area contributed by atoms with Gasteiger partial charge in [0.25, 0.3) is 5.91 Å². The van der Waals surface area contributed by atoms with Gasteiger partial charge in [-0.3, -0.25) is 10.0 Å². The number of rotatable bonds is 4. The molecule has 0 bridgehead atoms. The molecular formula is C12H17FN2O2. The van der Waals surface area contributed by atoms with Gasteiger partial charge in [0.05, 0.1) is 0 Å². The summed E-state index contributed by atoms with van der Waals surface area (Å²) in [5, 5.41) is 11.6. The van der Waals surface area contributed by atoms with Crippen LogP contribution in [0, 0.1) is 18.7 Å². The van der Waals surface area contributed by atoms with Gasteiger partial charge in [-0.25, -0.2) is 9.87 Å². The van der Waals surface area contributed by atoms with Gasteiger partial charge in [0.2, 0.25) is 0 Å². The van der Waals surface area contributed by atoms with Crippen molar-refractivity contribution in [2.45, 2.75) is 26.8 Å². The highest BCUT2D eigenvalue weighted by Crippen LogP contribution is 2.16. The topological polar surface area (TPSA) is 61.4 Å². The highest BCUT2D eigenvalue weighted by molar-refractivity contribution is 5.83. The number of hydroxylamine groups is 1. The van der Waals surface area contributed by atoms with Crippen molar-refractivity contribution in [2.75, 3.05) is 5.32 Å². The Labute approximate surface area is 99.8 Å². The first-order valence-corrected chi connectivity index (χ1v) is 5.42.